The zero-order chi connectivity index (χ0) is 14.5. The number of hydrogen-bond donors (Lipinski definition) is 2. The zero-order valence-corrected chi connectivity index (χ0v) is 13.0. The van der Waals surface area contributed by atoms with E-state index < -0.39 is 0 Å². The maximum absolute atomic E-state index is 12.1. The maximum atomic E-state index is 12.1. The van der Waals surface area contributed by atoms with Gasteiger partial charge in [-0.15, -0.1) is 22.7 Å². The molecule has 0 saturated heterocycles. The van der Waals surface area contributed by atoms with Crippen LogP contribution >= 0.6 is 22.7 Å². The Morgan fingerprint density at radius 3 is 2.95 bits per heavy atom. The molecule has 0 aliphatic carbocycles. The smallest absolute Gasteiger partial charge is 0.261 e. The van der Waals surface area contributed by atoms with Gasteiger partial charge in [-0.05, 0) is 25.5 Å². The normalized spacial score (nSPS) is 9.95. The van der Waals surface area contributed by atoms with Crippen LogP contribution in [-0.2, 0) is 6.54 Å². The van der Waals surface area contributed by atoms with Gasteiger partial charge in [0.25, 0.3) is 5.91 Å². The summed E-state index contributed by atoms with van der Waals surface area (Å²) in [6.45, 7) is 4.72. The number of nitrogens with zero attached hydrogens (tertiary/aromatic N) is 1. The highest BCUT2D eigenvalue weighted by atomic mass is 32.1. The SMILES string of the molecule is Cc1cc(C(=O)NCc2scnc2C)sc1C#CCN. The minimum absolute atomic E-state index is 0.0771. The van der Waals surface area contributed by atoms with E-state index in [-0.39, 0.29) is 5.91 Å². The summed E-state index contributed by atoms with van der Waals surface area (Å²) >= 11 is 2.94. The second-order valence-electron chi connectivity index (χ2n) is 4.17. The summed E-state index contributed by atoms with van der Waals surface area (Å²) in [6, 6.07) is 1.86. The maximum Gasteiger partial charge on any atom is 0.261 e. The Morgan fingerprint density at radius 1 is 1.50 bits per heavy atom. The molecule has 0 radical (unpaired) electrons. The van der Waals surface area contributed by atoms with Crippen molar-refractivity contribution in [1.82, 2.24) is 10.3 Å². The van der Waals surface area contributed by atoms with Crippen molar-refractivity contribution < 1.29 is 4.79 Å². The molecular formula is C14H15N3OS2. The summed E-state index contributed by atoms with van der Waals surface area (Å²) in [7, 11) is 0. The molecule has 3 N–H and O–H groups in total. The number of amides is 1. The first kappa shape index (κ1) is 14.7. The fraction of sp³-hybridized carbons (Fsp3) is 0.286. The summed E-state index contributed by atoms with van der Waals surface area (Å²) in [4.78, 5) is 18.9. The van der Waals surface area contributed by atoms with Crippen LogP contribution < -0.4 is 11.1 Å². The van der Waals surface area contributed by atoms with Crippen molar-refractivity contribution in [1.29, 1.82) is 0 Å². The molecule has 0 fully saturated rings. The highest BCUT2D eigenvalue weighted by Gasteiger charge is 2.12. The van der Waals surface area contributed by atoms with E-state index in [9.17, 15) is 4.79 Å². The number of nitrogens with two attached hydrogens (primary N) is 1. The van der Waals surface area contributed by atoms with Gasteiger partial charge in [0, 0.05) is 4.88 Å². The standard InChI is InChI=1S/C14H15N3OS2/c1-9-6-12(20-11(9)4-3-5-15)14(18)16-7-13-10(2)17-8-19-13/h6,8H,5,7,15H2,1-2H3,(H,16,18). The Hall–Kier alpha value is -1.68. The van der Waals surface area contributed by atoms with E-state index in [1.54, 1.807) is 16.8 Å². The topological polar surface area (TPSA) is 68.0 Å². The molecule has 2 heterocycles. The van der Waals surface area contributed by atoms with Gasteiger partial charge in [-0.25, -0.2) is 4.98 Å². The van der Waals surface area contributed by atoms with Crippen LogP contribution in [0.4, 0.5) is 0 Å². The van der Waals surface area contributed by atoms with Crippen molar-refractivity contribution in [2.24, 2.45) is 5.73 Å². The summed E-state index contributed by atoms with van der Waals surface area (Å²) in [5.74, 6) is 5.71. The van der Waals surface area contributed by atoms with Gasteiger partial charge in [0.05, 0.1) is 34.0 Å². The van der Waals surface area contributed by atoms with Crippen molar-refractivity contribution in [2.45, 2.75) is 20.4 Å². The van der Waals surface area contributed by atoms with Gasteiger partial charge in [0.15, 0.2) is 0 Å². The number of rotatable bonds is 3. The van der Waals surface area contributed by atoms with Crippen molar-refractivity contribution in [3.05, 3.63) is 37.5 Å². The van der Waals surface area contributed by atoms with Crippen LogP contribution in [0.3, 0.4) is 0 Å². The Morgan fingerprint density at radius 2 is 2.30 bits per heavy atom. The van der Waals surface area contributed by atoms with Crippen LogP contribution in [0.2, 0.25) is 0 Å². The second kappa shape index (κ2) is 6.66. The van der Waals surface area contributed by atoms with Crippen LogP contribution in [0.25, 0.3) is 0 Å². The molecule has 2 aromatic rings. The van der Waals surface area contributed by atoms with E-state index in [1.807, 2.05) is 19.9 Å². The van der Waals surface area contributed by atoms with Gasteiger partial charge in [-0.2, -0.15) is 0 Å². The number of thiophene rings is 1. The Labute approximate surface area is 126 Å². The van der Waals surface area contributed by atoms with Gasteiger partial charge in [0.1, 0.15) is 0 Å². The highest BCUT2D eigenvalue weighted by molar-refractivity contribution is 7.14. The lowest BCUT2D eigenvalue weighted by Gasteiger charge is -2.01. The van der Waals surface area contributed by atoms with Crippen LogP contribution in [0, 0.1) is 25.7 Å². The summed E-state index contributed by atoms with van der Waals surface area (Å²) in [5.41, 5.74) is 9.11. The number of hydrogen-bond acceptors (Lipinski definition) is 5. The van der Waals surface area contributed by atoms with Gasteiger partial charge < -0.3 is 11.1 Å². The lowest BCUT2D eigenvalue weighted by atomic mass is 10.2. The second-order valence-corrected chi connectivity index (χ2v) is 6.16. The average molecular weight is 305 g/mol. The summed E-state index contributed by atoms with van der Waals surface area (Å²) < 4.78 is 0. The van der Waals surface area contributed by atoms with Crippen molar-refractivity contribution in [2.75, 3.05) is 6.54 Å². The van der Waals surface area contributed by atoms with Crippen LogP contribution in [-0.4, -0.2) is 17.4 Å². The molecule has 0 atom stereocenters. The molecule has 2 aromatic heterocycles. The number of carbonyl (C=O) groups is 1. The number of aromatic nitrogens is 1. The number of thiazole rings is 1. The van der Waals surface area contributed by atoms with E-state index in [0.29, 0.717) is 18.0 Å². The average Bonchev–Trinajstić information content (AvgIpc) is 3.00. The van der Waals surface area contributed by atoms with Crippen molar-refractivity contribution in [3.63, 3.8) is 0 Å². The minimum Gasteiger partial charge on any atom is -0.346 e. The van der Waals surface area contributed by atoms with Crippen LogP contribution in [0.15, 0.2) is 11.6 Å². The Balaban J connectivity index is 2.04. The first-order valence-electron chi connectivity index (χ1n) is 6.08. The first-order chi connectivity index (χ1) is 9.61. The molecule has 0 aliphatic rings. The lowest BCUT2D eigenvalue weighted by Crippen LogP contribution is -2.21. The molecule has 1 amide bonds. The van der Waals surface area contributed by atoms with Gasteiger partial charge in [-0.3, -0.25) is 4.79 Å². The molecule has 4 nitrogen and oxygen atoms in total. The van der Waals surface area contributed by atoms with Crippen LogP contribution in [0.5, 0.6) is 0 Å². The molecule has 0 unspecified atom stereocenters. The fourth-order valence-electron chi connectivity index (χ4n) is 1.59. The monoisotopic (exact) mass is 305 g/mol. The number of carbonyl (C=O) groups excluding carboxylic acids is 1. The van der Waals surface area contributed by atoms with E-state index in [4.69, 9.17) is 5.73 Å². The predicted octanol–water partition coefficient (Wildman–Crippen LogP) is 2.06. The van der Waals surface area contributed by atoms with Gasteiger partial charge in [0.2, 0.25) is 0 Å². The van der Waals surface area contributed by atoms with E-state index in [2.05, 4.69) is 22.1 Å². The molecule has 0 aromatic carbocycles. The zero-order valence-electron chi connectivity index (χ0n) is 11.3. The Kier molecular flexibility index (Phi) is 4.90. The third-order valence-corrected chi connectivity index (χ3v) is 4.79. The lowest BCUT2D eigenvalue weighted by molar-refractivity contribution is 0.0955. The predicted molar refractivity (Wildman–Crippen MR) is 83.0 cm³/mol. The quantitative estimate of drug-likeness (QED) is 0.853. The van der Waals surface area contributed by atoms with Crippen LogP contribution in [0.1, 0.15) is 30.7 Å². The molecule has 0 bridgehead atoms. The summed E-state index contributed by atoms with van der Waals surface area (Å²) in [6.07, 6.45) is 0. The third kappa shape index (κ3) is 3.45. The van der Waals surface area contributed by atoms with E-state index >= 15 is 0 Å². The Bertz CT molecular complexity index is 676. The number of aryl methyl sites for hydroxylation is 2. The molecular weight excluding hydrogens is 290 g/mol. The molecule has 2 rings (SSSR count). The minimum atomic E-state index is -0.0771. The first-order valence-corrected chi connectivity index (χ1v) is 7.78. The molecule has 0 saturated carbocycles. The van der Waals surface area contributed by atoms with E-state index in [1.165, 1.54) is 11.3 Å². The third-order valence-electron chi connectivity index (χ3n) is 2.70. The molecule has 0 aliphatic heterocycles. The largest absolute Gasteiger partial charge is 0.346 e. The summed E-state index contributed by atoms with van der Waals surface area (Å²) in [5, 5.41) is 2.91. The molecule has 104 valence electrons. The van der Waals surface area contributed by atoms with Gasteiger partial charge in [-0.1, -0.05) is 11.8 Å². The van der Waals surface area contributed by atoms with Crippen molar-refractivity contribution in [3.8, 4) is 11.8 Å². The number of nitrogens with one attached hydrogen (secondary N) is 1. The molecule has 6 heteroatoms. The molecule has 20 heavy (non-hydrogen) atoms. The highest BCUT2D eigenvalue weighted by Crippen LogP contribution is 2.21. The fourth-order valence-corrected chi connectivity index (χ4v) is 3.27. The van der Waals surface area contributed by atoms with Crippen molar-refractivity contribution >= 4 is 28.6 Å². The van der Waals surface area contributed by atoms with Gasteiger partial charge >= 0.3 is 0 Å². The van der Waals surface area contributed by atoms with E-state index in [0.717, 1.165) is 21.0 Å². The molecule has 0 spiro atoms.